The molecular formula is C24H24N2O3S2. The number of nitrogens with one attached hydrogen (secondary N) is 1. The lowest BCUT2D eigenvalue weighted by atomic mass is 10.1. The van der Waals surface area contributed by atoms with Gasteiger partial charge in [-0.05, 0) is 55.6 Å². The number of thiophene rings is 1. The number of nitrogens with zero attached hydrogens (tertiary/aromatic N) is 1. The van der Waals surface area contributed by atoms with E-state index in [1.807, 2.05) is 42.5 Å². The van der Waals surface area contributed by atoms with Gasteiger partial charge >= 0.3 is 0 Å². The molecule has 1 aromatic carbocycles. The van der Waals surface area contributed by atoms with Crippen LogP contribution >= 0.6 is 23.1 Å². The number of amides is 1. The van der Waals surface area contributed by atoms with Gasteiger partial charge < -0.3 is 14.2 Å². The second kappa shape index (κ2) is 9.34. The Morgan fingerprint density at radius 1 is 1.13 bits per heavy atom. The van der Waals surface area contributed by atoms with E-state index >= 15 is 0 Å². The van der Waals surface area contributed by atoms with Crippen LogP contribution in [0.15, 0.2) is 73.2 Å². The first-order valence-electron chi connectivity index (χ1n) is 10.5. The maximum absolute atomic E-state index is 13.2. The summed E-state index contributed by atoms with van der Waals surface area (Å²) in [4.78, 5) is 15.6. The summed E-state index contributed by atoms with van der Waals surface area (Å²) < 4.78 is 12.9. The Labute approximate surface area is 189 Å². The standard InChI is InChI=1S/C24H24N2O3S2/c27-24(25-15-19(21-9-5-13-28-21)26-11-3-4-12-26)23-18(16-31-22-10-6-14-30-22)17-7-1-2-8-20(17)29-23/h1-2,5-10,13-14,19H,3-4,11-12,15-16H2,(H,25,27). The van der Waals surface area contributed by atoms with Gasteiger partial charge in [-0.1, -0.05) is 24.3 Å². The van der Waals surface area contributed by atoms with Gasteiger partial charge in [0.2, 0.25) is 0 Å². The summed E-state index contributed by atoms with van der Waals surface area (Å²) in [6.45, 7) is 2.53. The smallest absolute Gasteiger partial charge is 0.287 e. The molecule has 160 valence electrons. The van der Waals surface area contributed by atoms with Crippen LogP contribution in [0.4, 0.5) is 0 Å². The minimum absolute atomic E-state index is 0.0368. The number of thioether (sulfide) groups is 1. The molecule has 4 heterocycles. The highest BCUT2D eigenvalue weighted by molar-refractivity contribution is 8.00. The zero-order valence-electron chi connectivity index (χ0n) is 17.1. The van der Waals surface area contributed by atoms with Crippen LogP contribution in [0.2, 0.25) is 0 Å². The van der Waals surface area contributed by atoms with E-state index in [2.05, 4.69) is 21.7 Å². The molecule has 1 amide bonds. The van der Waals surface area contributed by atoms with Gasteiger partial charge in [-0.25, -0.2) is 0 Å². The molecule has 1 aliphatic heterocycles. The molecule has 0 bridgehead atoms. The largest absolute Gasteiger partial charge is 0.468 e. The Bertz CT molecular complexity index is 1130. The van der Waals surface area contributed by atoms with Crippen molar-refractivity contribution in [3.05, 3.63) is 77.3 Å². The third-order valence-electron chi connectivity index (χ3n) is 5.67. The second-order valence-electron chi connectivity index (χ2n) is 7.61. The molecule has 1 aliphatic rings. The van der Waals surface area contributed by atoms with E-state index in [0.29, 0.717) is 18.1 Å². The van der Waals surface area contributed by atoms with E-state index in [1.54, 1.807) is 29.4 Å². The van der Waals surface area contributed by atoms with Crippen molar-refractivity contribution in [1.82, 2.24) is 10.2 Å². The van der Waals surface area contributed by atoms with Crippen LogP contribution in [-0.2, 0) is 5.75 Å². The van der Waals surface area contributed by atoms with Crippen LogP contribution in [0, 0.1) is 0 Å². The van der Waals surface area contributed by atoms with Gasteiger partial charge in [0.05, 0.1) is 16.5 Å². The monoisotopic (exact) mass is 452 g/mol. The molecule has 0 spiro atoms. The minimum Gasteiger partial charge on any atom is -0.468 e. The summed E-state index contributed by atoms with van der Waals surface area (Å²) in [6.07, 6.45) is 4.05. The molecule has 5 nitrogen and oxygen atoms in total. The number of hydrogen-bond acceptors (Lipinski definition) is 6. The molecule has 1 N–H and O–H groups in total. The fraction of sp³-hybridized carbons (Fsp3) is 0.292. The zero-order valence-corrected chi connectivity index (χ0v) is 18.7. The van der Waals surface area contributed by atoms with Crippen molar-refractivity contribution in [3.8, 4) is 0 Å². The van der Waals surface area contributed by atoms with Gasteiger partial charge in [-0.2, -0.15) is 0 Å². The Hall–Kier alpha value is -2.48. The predicted molar refractivity (Wildman–Crippen MR) is 125 cm³/mol. The van der Waals surface area contributed by atoms with Crippen molar-refractivity contribution >= 4 is 40.0 Å². The molecule has 0 aliphatic carbocycles. The quantitative estimate of drug-likeness (QED) is 0.335. The van der Waals surface area contributed by atoms with Crippen molar-refractivity contribution < 1.29 is 13.6 Å². The Kier molecular flexibility index (Phi) is 6.15. The van der Waals surface area contributed by atoms with Crippen LogP contribution in [0.25, 0.3) is 11.0 Å². The third-order valence-corrected chi connectivity index (χ3v) is 7.82. The normalized spacial score (nSPS) is 15.5. The van der Waals surface area contributed by atoms with Crippen LogP contribution in [0.1, 0.15) is 40.8 Å². The zero-order chi connectivity index (χ0) is 21.0. The molecule has 31 heavy (non-hydrogen) atoms. The van der Waals surface area contributed by atoms with Crippen molar-refractivity contribution in [3.63, 3.8) is 0 Å². The molecule has 1 unspecified atom stereocenters. The van der Waals surface area contributed by atoms with E-state index in [0.717, 1.165) is 35.4 Å². The maximum atomic E-state index is 13.2. The topological polar surface area (TPSA) is 58.6 Å². The molecule has 7 heteroatoms. The summed E-state index contributed by atoms with van der Waals surface area (Å²) in [7, 11) is 0. The first-order chi connectivity index (χ1) is 15.3. The summed E-state index contributed by atoms with van der Waals surface area (Å²) in [5, 5.41) is 6.18. The highest BCUT2D eigenvalue weighted by Gasteiger charge is 2.27. The van der Waals surface area contributed by atoms with Crippen LogP contribution in [0.3, 0.4) is 0 Å². The number of para-hydroxylation sites is 1. The minimum atomic E-state index is -0.172. The third kappa shape index (κ3) is 4.44. The van der Waals surface area contributed by atoms with E-state index < -0.39 is 0 Å². The van der Waals surface area contributed by atoms with Gasteiger partial charge in [0.25, 0.3) is 5.91 Å². The van der Waals surface area contributed by atoms with Gasteiger partial charge in [0, 0.05) is 23.2 Å². The Balaban J connectivity index is 1.36. The van der Waals surface area contributed by atoms with Crippen molar-refractivity contribution in [2.75, 3.05) is 19.6 Å². The van der Waals surface area contributed by atoms with Crippen molar-refractivity contribution in [1.29, 1.82) is 0 Å². The molecule has 5 rings (SSSR count). The average Bonchev–Trinajstić information content (AvgIpc) is 3.60. The number of fused-ring (bicyclic) bond motifs is 1. The van der Waals surface area contributed by atoms with E-state index in [1.165, 1.54) is 17.1 Å². The van der Waals surface area contributed by atoms with Crippen LogP contribution in [0.5, 0.6) is 0 Å². The van der Waals surface area contributed by atoms with Gasteiger partial charge in [-0.15, -0.1) is 23.1 Å². The van der Waals surface area contributed by atoms with E-state index in [-0.39, 0.29) is 11.9 Å². The fourth-order valence-corrected chi connectivity index (χ4v) is 5.94. The van der Waals surface area contributed by atoms with Gasteiger partial charge in [0.1, 0.15) is 11.3 Å². The fourth-order valence-electron chi connectivity index (χ4n) is 4.13. The predicted octanol–water partition coefficient (Wildman–Crippen LogP) is 5.95. The molecule has 0 saturated carbocycles. The number of likely N-dealkylation sites (tertiary alicyclic amines) is 1. The lowest BCUT2D eigenvalue weighted by Crippen LogP contribution is -2.36. The summed E-state index contributed by atoms with van der Waals surface area (Å²) >= 11 is 3.44. The Morgan fingerprint density at radius 2 is 2.00 bits per heavy atom. The second-order valence-corrected chi connectivity index (χ2v) is 9.83. The molecule has 1 fully saturated rings. The number of hydrogen-bond donors (Lipinski definition) is 1. The number of benzene rings is 1. The highest BCUT2D eigenvalue weighted by atomic mass is 32.2. The van der Waals surface area contributed by atoms with Crippen LogP contribution in [-0.4, -0.2) is 30.4 Å². The number of furan rings is 2. The Morgan fingerprint density at radius 3 is 2.77 bits per heavy atom. The number of carbonyl (C=O) groups is 1. The average molecular weight is 453 g/mol. The van der Waals surface area contributed by atoms with Gasteiger partial charge in [-0.3, -0.25) is 9.69 Å². The summed E-state index contributed by atoms with van der Waals surface area (Å²) in [5.74, 6) is 1.81. The summed E-state index contributed by atoms with van der Waals surface area (Å²) in [6, 6.07) is 15.9. The van der Waals surface area contributed by atoms with Crippen molar-refractivity contribution in [2.24, 2.45) is 0 Å². The lowest BCUT2D eigenvalue weighted by Gasteiger charge is -2.25. The first-order valence-corrected chi connectivity index (χ1v) is 12.4. The SMILES string of the molecule is O=C(NCC(c1ccco1)N1CCCC1)c1oc2ccccc2c1CSc1cccs1. The molecule has 1 atom stereocenters. The molecule has 3 aromatic heterocycles. The van der Waals surface area contributed by atoms with Crippen LogP contribution < -0.4 is 5.32 Å². The molecule has 4 aromatic rings. The van der Waals surface area contributed by atoms with E-state index in [4.69, 9.17) is 8.83 Å². The van der Waals surface area contributed by atoms with Gasteiger partial charge in [0.15, 0.2) is 5.76 Å². The first kappa shape index (κ1) is 20.4. The highest BCUT2D eigenvalue weighted by Crippen LogP contribution is 2.34. The summed E-state index contributed by atoms with van der Waals surface area (Å²) in [5.41, 5.74) is 1.69. The molecule has 0 radical (unpaired) electrons. The number of carbonyl (C=O) groups excluding carboxylic acids is 1. The maximum Gasteiger partial charge on any atom is 0.287 e. The molecule has 1 saturated heterocycles. The number of rotatable bonds is 8. The van der Waals surface area contributed by atoms with Crippen molar-refractivity contribution in [2.45, 2.75) is 28.8 Å². The van der Waals surface area contributed by atoms with E-state index in [9.17, 15) is 4.79 Å². The molecular weight excluding hydrogens is 428 g/mol. The lowest BCUT2D eigenvalue weighted by molar-refractivity contribution is 0.0907.